The highest BCUT2D eigenvalue weighted by Gasteiger charge is 2.72. The smallest absolute Gasteiger partial charge is 0.410 e. The van der Waals surface area contributed by atoms with Crippen LogP contribution in [0.2, 0.25) is 0 Å². The summed E-state index contributed by atoms with van der Waals surface area (Å²) in [7, 11) is 1.80. The maximum Gasteiger partial charge on any atom is 0.410 e. The highest BCUT2D eigenvalue weighted by Crippen LogP contribution is 2.75. The molecule has 17 unspecified atom stereocenters. The summed E-state index contributed by atoms with van der Waals surface area (Å²) in [5, 5.41) is 3.64. The second-order valence-corrected chi connectivity index (χ2v) is 40.6. The zero-order valence-electron chi connectivity index (χ0n) is 73.8. The number of Topliss-reactive ketones (excluding diaryl/α,β-unsaturated/α-hetero) is 1. The Bertz CT molecular complexity index is 3700. The second kappa shape index (κ2) is 34.7. The van der Waals surface area contributed by atoms with Crippen molar-refractivity contribution >= 4 is 18.2 Å². The summed E-state index contributed by atoms with van der Waals surface area (Å²) < 4.78 is 118. The van der Waals surface area contributed by atoms with E-state index in [9.17, 15) is 9.59 Å². The van der Waals surface area contributed by atoms with Gasteiger partial charge in [-0.1, -0.05) is 190 Å². The fourth-order valence-electron chi connectivity index (χ4n) is 24.6. The van der Waals surface area contributed by atoms with Gasteiger partial charge < -0.3 is 96.4 Å². The number of allylic oxidation sites excluding steroid dienone is 1. The van der Waals surface area contributed by atoms with Crippen molar-refractivity contribution < 1.29 is 94.9 Å². The standard InChI is InChI=1S/C94H144N2O20/c1-23-66-54(6)53(5)56(8)83(106-66)113-79-75(110-81-55(7)52(4)50(2)44-103-81)58(10)74(60(12)98)109-85(79)108-70-37-38-90(18)68(91(70,19)49-97)36-39-92(20)69(90)35-34-64-65-42-88(14,15)40-41-94(65,71(100-22)43-93(64,92)21)96-87(99)114-84-76(57(9)72(95)67(107-84)48-101-46-62-30-26-24-27-31-62)111-86-80-78(115-89(16,17)116-80)77(61(13)105-86)112-82-59(11)73(51(3)45-104-82)102-47-63-32-28-25-29-33-63/h24-34,49-59,61,65-86H,23,35-48,95H2,1-22H3,(H,96,99)/t50-,51-,52+,53+,54-,55?,56?,57?,58-,59?,61?,65?,66?,67?,68-,69?,70+,71?,72-,73?,74?,75+,76?,77+,78?,79?,80?,81+,82+,83+,84+,85-,86+,90?,91-,92+,93-,94-/m1/s1. The lowest BCUT2D eigenvalue weighted by Gasteiger charge is -2.72. The molecule has 5 aliphatic carbocycles. The molecule has 0 aromatic heterocycles. The lowest BCUT2D eigenvalue weighted by molar-refractivity contribution is -0.374. The molecule has 4 saturated carbocycles. The first-order chi connectivity index (χ1) is 54.9. The first kappa shape index (κ1) is 88.4. The molecule has 2 aromatic carbocycles. The van der Waals surface area contributed by atoms with Crippen LogP contribution in [0.1, 0.15) is 221 Å². The van der Waals surface area contributed by atoms with Gasteiger partial charge in [0.1, 0.15) is 49.0 Å². The Morgan fingerprint density at radius 1 is 0.569 bits per heavy atom. The lowest BCUT2D eigenvalue weighted by atomic mass is 9.34. The molecule has 0 radical (unpaired) electrons. The maximum atomic E-state index is 15.8. The van der Waals surface area contributed by atoms with Crippen molar-refractivity contribution in [2.24, 2.45) is 110 Å². The van der Waals surface area contributed by atoms with Crippen molar-refractivity contribution in [2.45, 2.75) is 357 Å². The van der Waals surface area contributed by atoms with Gasteiger partial charge in [-0.15, -0.1) is 0 Å². The molecule has 116 heavy (non-hydrogen) atoms. The Labute approximate surface area is 692 Å². The average Bonchev–Trinajstić information content (AvgIpc) is 0.723. The maximum absolute atomic E-state index is 15.8. The van der Waals surface area contributed by atoms with Gasteiger partial charge in [-0.25, -0.2) is 4.79 Å². The van der Waals surface area contributed by atoms with E-state index in [0.717, 1.165) is 56.1 Å². The largest absolute Gasteiger partial charge is 0.417 e. The summed E-state index contributed by atoms with van der Waals surface area (Å²) in [4.78, 5) is 44.5. The summed E-state index contributed by atoms with van der Waals surface area (Å²) in [6.07, 6.45) is -2.60. The van der Waals surface area contributed by atoms with Crippen molar-refractivity contribution in [3.63, 3.8) is 0 Å². The third-order valence-corrected chi connectivity index (χ3v) is 32.6. The summed E-state index contributed by atoms with van der Waals surface area (Å²) >= 11 is 0. The number of carbonyl (C=O) groups is 3. The fraction of sp³-hybridized carbons (Fsp3) is 0.819. The Morgan fingerprint density at radius 3 is 1.87 bits per heavy atom. The molecule has 14 rings (SSSR count). The number of fused-ring (bicyclic) bond motifs is 8. The van der Waals surface area contributed by atoms with Gasteiger partial charge in [-0.3, -0.25) is 4.79 Å². The van der Waals surface area contributed by atoms with E-state index in [1.165, 1.54) is 11.9 Å². The first-order valence-corrected chi connectivity index (χ1v) is 44.6. The number of amides is 1. The van der Waals surface area contributed by atoms with E-state index in [0.29, 0.717) is 63.4 Å². The summed E-state index contributed by atoms with van der Waals surface area (Å²) in [5.41, 5.74) is 7.74. The van der Waals surface area contributed by atoms with E-state index in [4.69, 9.17) is 86.3 Å². The lowest BCUT2D eigenvalue weighted by Crippen LogP contribution is -2.73. The van der Waals surface area contributed by atoms with E-state index in [-0.39, 0.29) is 88.2 Å². The van der Waals surface area contributed by atoms with Crippen LogP contribution in [-0.2, 0) is 103 Å². The molecule has 0 spiro atoms. The molecule has 38 atom stereocenters. The molecule has 650 valence electrons. The number of ether oxygens (including phenoxy) is 17. The third-order valence-electron chi connectivity index (χ3n) is 32.6. The molecule has 1 amide bonds. The Balaban J connectivity index is 0.722. The van der Waals surface area contributed by atoms with Crippen molar-refractivity contribution in [3.8, 4) is 0 Å². The Morgan fingerprint density at radius 2 is 1.20 bits per heavy atom. The van der Waals surface area contributed by atoms with Gasteiger partial charge >= 0.3 is 6.09 Å². The van der Waals surface area contributed by atoms with Crippen molar-refractivity contribution in [1.82, 2.24) is 5.32 Å². The highest BCUT2D eigenvalue weighted by atomic mass is 16.8. The average molecular weight is 1620 g/mol. The molecule has 7 aliphatic heterocycles. The van der Waals surface area contributed by atoms with Gasteiger partial charge in [0.25, 0.3) is 0 Å². The number of nitrogens with two attached hydrogens (primary N) is 1. The molecule has 11 fully saturated rings. The van der Waals surface area contributed by atoms with Crippen LogP contribution in [-0.4, -0.2) is 180 Å². The molecular weight excluding hydrogens is 1480 g/mol. The minimum atomic E-state index is -1.30. The van der Waals surface area contributed by atoms with Crippen LogP contribution in [0.4, 0.5) is 4.79 Å². The van der Waals surface area contributed by atoms with Crippen LogP contribution in [0.25, 0.3) is 0 Å². The fourth-order valence-corrected chi connectivity index (χ4v) is 24.6. The molecule has 2 aromatic rings. The van der Waals surface area contributed by atoms with Crippen LogP contribution in [0.5, 0.6) is 0 Å². The molecule has 3 N–H and O–H groups in total. The number of ketones is 1. The van der Waals surface area contributed by atoms with Crippen LogP contribution in [0, 0.1) is 104 Å². The monoisotopic (exact) mass is 1620 g/mol. The Kier molecular flexibility index (Phi) is 26.4. The molecule has 12 aliphatic rings. The van der Waals surface area contributed by atoms with E-state index >= 15 is 4.79 Å². The van der Waals surface area contributed by atoms with E-state index < -0.39 is 151 Å². The van der Waals surface area contributed by atoms with Gasteiger partial charge in [-0.05, 0) is 160 Å². The molecular formula is C94H144N2O20. The zero-order valence-corrected chi connectivity index (χ0v) is 73.8. The predicted molar refractivity (Wildman–Crippen MR) is 435 cm³/mol. The molecule has 22 nitrogen and oxygen atoms in total. The second-order valence-electron chi connectivity index (χ2n) is 40.6. The van der Waals surface area contributed by atoms with Crippen LogP contribution in [0.3, 0.4) is 0 Å². The normalized spacial score (nSPS) is 48.4. The number of alkyl carbamates (subject to hydrolysis) is 1. The van der Waals surface area contributed by atoms with Gasteiger partial charge in [0.05, 0.1) is 80.6 Å². The summed E-state index contributed by atoms with van der Waals surface area (Å²) in [6, 6.07) is 19.5. The molecule has 7 saturated heterocycles. The minimum Gasteiger partial charge on any atom is -0.417 e. The number of hydrogen-bond acceptors (Lipinski definition) is 21. The van der Waals surface area contributed by atoms with Crippen LogP contribution < -0.4 is 11.1 Å². The third kappa shape index (κ3) is 16.5. The topological polar surface area (TPSA) is 246 Å². The highest BCUT2D eigenvalue weighted by molar-refractivity contribution is 5.81. The van der Waals surface area contributed by atoms with Gasteiger partial charge in [-0.2, -0.15) is 0 Å². The van der Waals surface area contributed by atoms with Crippen LogP contribution >= 0.6 is 0 Å². The SMILES string of the molecule is CCC1O[C@@H](OC2[C@H](O[C@H]3CCC4(C)C5CC=C6C7CC(C)(C)CC[C@]7(NC(=O)O[C@@H]7OC(COCc8ccccc8)[C@H](N)C(C)C7O[C@@H]7OC(C)[C@H](O[C@@H]8OC[C@@H](C)C(OCc9ccccc9)C8C)C8OC(C)(C)OC87)C(OC)C[C@@]6(C)[C@@]5(C)CC[C@H]4[C@@]3(C)C=O)OC(C(C)=O)[C@@H](C)[C@@H]2O[C@@H]2OC[C@@H](C)[C@H](C)C2C)C(C)[C@@H](C)[C@H]1C. The molecule has 0 bridgehead atoms. The summed E-state index contributed by atoms with van der Waals surface area (Å²) in [5.74, 6) is -0.833. The number of carbonyl (C=O) groups excluding carboxylic acids is 3. The minimum absolute atomic E-state index is 0.0193. The van der Waals surface area contributed by atoms with Crippen molar-refractivity contribution in [2.75, 3.05) is 26.9 Å². The van der Waals surface area contributed by atoms with E-state index in [2.05, 4.69) is 127 Å². The predicted octanol–water partition coefficient (Wildman–Crippen LogP) is 15.6. The van der Waals surface area contributed by atoms with Crippen LogP contribution in [0.15, 0.2) is 72.3 Å². The number of benzene rings is 2. The number of rotatable bonds is 23. The van der Waals surface area contributed by atoms with Gasteiger partial charge in [0.2, 0.25) is 6.29 Å². The Hall–Kier alpha value is -3.89. The number of hydrogen-bond donors (Lipinski definition) is 2. The number of methoxy groups -OCH3 is 1. The van der Waals surface area contributed by atoms with Gasteiger partial charge in [0.15, 0.2) is 43.0 Å². The van der Waals surface area contributed by atoms with Crippen molar-refractivity contribution in [1.29, 1.82) is 0 Å². The van der Waals surface area contributed by atoms with E-state index in [1.807, 2.05) is 83.1 Å². The zero-order chi connectivity index (χ0) is 83.3. The number of aldehydes is 1. The molecule has 7 heterocycles. The quantitative estimate of drug-likeness (QED) is 0.0596. The summed E-state index contributed by atoms with van der Waals surface area (Å²) in [6.45, 7) is 47.3. The van der Waals surface area contributed by atoms with Crippen molar-refractivity contribution in [3.05, 3.63) is 83.4 Å². The number of nitrogens with one attached hydrogen (secondary N) is 1. The van der Waals surface area contributed by atoms with E-state index in [1.54, 1.807) is 14.0 Å². The molecule has 22 heteroatoms. The van der Waals surface area contributed by atoms with Gasteiger partial charge in [0, 0.05) is 54.6 Å². The first-order valence-electron chi connectivity index (χ1n) is 44.6.